The number of imidazole rings is 2. The summed E-state index contributed by atoms with van der Waals surface area (Å²) in [6.07, 6.45) is 6.82. The Hall–Kier alpha value is -2.97. The molecule has 1 aliphatic rings. The molecule has 0 bridgehead atoms. The number of hydrogen-bond acceptors (Lipinski definition) is 6. The van der Waals surface area contributed by atoms with Crippen molar-refractivity contribution in [2.75, 3.05) is 31.1 Å². The van der Waals surface area contributed by atoms with Gasteiger partial charge in [-0.05, 0) is 6.92 Å². The molecule has 0 aromatic carbocycles. The molecule has 1 saturated heterocycles. The molecule has 27 heavy (non-hydrogen) atoms. The molecule has 9 nitrogen and oxygen atoms in total. The second kappa shape index (κ2) is 6.98. The van der Waals surface area contributed by atoms with Crippen LogP contribution in [0.4, 0.5) is 5.82 Å². The number of hydrogen-bond donors (Lipinski definition) is 1. The number of carbonyl (C=O) groups is 1. The van der Waals surface area contributed by atoms with Crippen LogP contribution in [-0.2, 0) is 4.79 Å². The van der Waals surface area contributed by atoms with Gasteiger partial charge in [0.2, 0.25) is 5.91 Å². The molecule has 1 aliphatic heterocycles. The Bertz CT molecular complexity index is 938. The van der Waals surface area contributed by atoms with Gasteiger partial charge in [0.05, 0.1) is 6.33 Å². The van der Waals surface area contributed by atoms with Crippen molar-refractivity contribution in [3.63, 3.8) is 0 Å². The quantitative estimate of drug-likeness (QED) is 0.751. The van der Waals surface area contributed by atoms with Crippen molar-refractivity contribution >= 4 is 22.9 Å². The lowest BCUT2D eigenvalue weighted by Gasteiger charge is -2.36. The molecule has 142 valence electrons. The average molecular weight is 368 g/mol. The van der Waals surface area contributed by atoms with Crippen molar-refractivity contribution in [3.05, 3.63) is 30.9 Å². The molecule has 1 N–H and O–H groups in total. The summed E-state index contributed by atoms with van der Waals surface area (Å²) in [5.74, 6) is 2.19. The number of aromatic amines is 1. The monoisotopic (exact) mass is 368 g/mol. The van der Waals surface area contributed by atoms with Gasteiger partial charge in [0.25, 0.3) is 0 Å². The number of rotatable bonds is 4. The van der Waals surface area contributed by atoms with Gasteiger partial charge in [0.15, 0.2) is 11.5 Å². The molecule has 3 aromatic heterocycles. The number of nitrogens with one attached hydrogen (secondary N) is 1. The highest BCUT2D eigenvalue weighted by Gasteiger charge is 2.28. The third-order valence-electron chi connectivity index (χ3n) is 5.08. The summed E-state index contributed by atoms with van der Waals surface area (Å²) in [5, 5.41) is 0. The van der Waals surface area contributed by atoms with Gasteiger partial charge in [-0.1, -0.05) is 13.8 Å². The SMILES string of the molecule is CC(C)c1nccn1[C@H](C)C(=O)N1CCN(c2ncnc3nc[nH]c23)CC1. The van der Waals surface area contributed by atoms with Crippen molar-refractivity contribution in [2.24, 2.45) is 0 Å². The maximum atomic E-state index is 13.0. The lowest BCUT2D eigenvalue weighted by atomic mass is 10.2. The number of aromatic nitrogens is 6. The summed E-state index contributed by atoms with van der Waals surface area (Å²) in [7, 11) is 0. The Kier molecular flexibility index (Phi) is 4.51. The number of piperazine rings is 1. The summed E-state index contributed by atoms with van der Waals surface area (Å²) in [5.41, 5.74) is 1.50. The van der Waals surface area contributed by atoms with Crippen LogP contribution in [0.25, 0.3) is 11.2 Å². The first-order valence-corrected chi connectivity index (χ1v) is 9.26. The van der Waals surface area contributed by atoms with Gasteiger partial charge in [-0.15, -0.1) is 0 Å². The molecule has 4 heterocycles. The summed E-state index contributed by atoms with van der Waals surface area (Å²) < 4.78 is 1.98. The van der Waals surface area contributed by atoms with E-state index >= 15 is 0 Å². The van der Waals surface area contributed by atoms with Crippen molar-refractivity contribution < 1.29 is 4.79 Å². The minimum Gasteiger partial charge on any atom is -0.351 e. The molecule has 3 aromatic rings. The normalized spacial score (nSPS) is 16.3. The van der Waals surface area contributed by atoms with Crippen LogP contribution >= 0.6 is 0 Å². The fraction of sp³-hybridized carbons (Fsp3) is 0.500. The van der Waals surface area contributed by atoms with Gasteiger partial charge in [0, 0.05) is 44.5 Å². The van der Waals surface area contributed by atoms with Crippen molar-refractivity contribution in [1.82, 2.24) is 34.4 Å². The first-order valence-electron chi connectivity index (χ1n) is 9.26. The maximum Gasteiger partial charge on any atom is 0.245 e. The van der Waals surface area contributed by atoms with E-state index in [-0.39, 0.29) is 17.9 Å². The smallest absolute Gasteiger partial charge is 0.245 e. The van der Waals surface area contributed by atoms with Gasteiger partial charge < -0.3 is 19.4 Å². The molecule has 1 fully saturated rings. The minimum absolute atomic E-state index is 0.129. The van der Waals surface area contributed by atoms with Gasteiger partial charge in [-0.2, -0.15) is 0 Å². The third-order valence-corrected chi connectivity index (χ3v) is 5.08. The van der Waals surface area contributed by atoms with E-state index in [1.165, 1.54) is 6.33 Å². The number of carbonyl (C=O) groups excluding carboxylic acids is 1. The van der Waals surface area contributed by atoms with Gasteiger partial charge in [-0.25, -0.2) is 19.9 Å². The van der Waals surface area contributed by atoms with Crippen molar-refractivity contribution in [3.8, 4) is 0 Å². The van der Waals surface area contributed by atoms with Crippen molar-refractivity contribution in [2.45, 2.75) is 32.7 Å². The Morgan fingerprint density at radius 3 is 2.59 bits per heavy atom. The largest absolute Gasteiger partial charge is 0.351 e. The molecule has 1 amide bonds. The predicted octanol–water partition coefficient (Wildman–Crippen LogP) is 1.58. The maximum absolute atomic E-state index is 13.0. The Morgan fingerprint density at radius 2 is 1.85 bits per heavy atom. The molecular weight excluding hydrogens is 344 g/mol. The second-order valence-electron chi connectivity index (χ2n) is 7.13. The molecule has 1 atom stereocenters. The number of H-pyrrole nitrogens is 1. The summed E-state index contributed by atoms with van der Waals surface area (Å²) >= 11 is 0. The molecule has 0 spiro atoms. The fourth-order valence-electron chi connectivity index (χ4n) is 3.61. The number of amides is 1. The van der Waals surface area contributed by atoms with Gasteiger partial charge in [-0.3, -0.25) is 4.79 Å². The molecule has 0 aliphatic carbocycles. The van der Waals surface area contributed by atoms with E-state index in [1.54, 1.807) is 12.5 Å². The van der Waals surface area contributed by atoms with Crippen LogP contribution in [0.3, 0.4) is 0 Å². The first kappa shape index (κ1) is 17.4. The topological polar surface area (TPSA) is 95.8 Å². The summed E-state index contributed by atoms with van der Waals surface area (Å²) in [6.45, 7) is 8.90. The standard InChI is InChI=1S/C18H24N8O/c1-12(2)16-19-4-5-26(16)13(3)18(27)25-8-6-24(7-9-25)17-14-15(21-10-20-14)22-11-23-17/h4-5,10-13H,6-9H2,1-3H3,(H,20,21,22,23)/t13-/m1/s1. The van der Waals surface area contributed by atoms with E-state index < -0.39 is 0 Å². The Morgan fingerprint density at radius 1 is 1.07 bits per heavy atom. The van der Waals surface area contributed by atoms with Crippen LogP contribution < -0.4 is 4.90 Å². The molecule has 0 radical (unpaired) electrons. The summed E-state index contributed by atoms with van der Waals surface area (Å²) in [6, 6.07) is -0.255. The van der Waals surface area contributed by atoms with E-state index in [2.05, 4.69) is 43.7 Å². The second-order valence-corrected chi connectivity index (χ2v) is 7.13. The molecule has 4 rings (SSSR count). The van der Waals surface area contributed by atoms with Crippen LogP contribution in [-0.4, -0.2) is 66.5 Å². The Balaban J connectivity index is 1.45. The number of anilines is 1. The average Bonchev–Trinajstić information content (AvgIpc) is 3.36. The van der Waals surface area contributed by atoms with Gasteiger partial charge in [0.1, 0.15) is 23.7 Å². The van der Waals surface area contributed by atoms with Gasteiger partial charge >= 0.3 is 0 Å². The van der Waals surface area contributed by atoms with E-state index in [4.69, 9.17) is 0 Å². The first-order chi connectivity index (χ1) is 13.1. The van der Waals surface area contributed by atoms with Crippen LogP contribution in [0.1, 0.15) is 38.6 Å². The molecular formula is C18H24N8O. The molecule has 0 unspecified atom stereocenters. The van der Waals surface area contributed by atoms with Crippen LogP contribution in [0.2, 0.25) is 0 Å². The minimum atomic E-state index is -0.255. The van der Waals surface area contributed by atoms with Crippen LogP contribution in [0.5, 0.6) is 0 Å². The number of fused-ring (bicyclic) bond motifs is 1. The zero-order valence-electron chi connectivity index (χ0n) is 15.8. The fourth-order valence-corrected chi connectivity index (χ4v) is 3.61. The number of nitrogens with zero attached hydrogens (tertiary/aromatic N) is 7. The molecule has 9 heteroatoms. The van der Waals surface area contributed by atoms with E-state index in [1.807, 2.05) is 22.6 Å². The highest BCUT2D eigenvalue weighted by molar-refractivity contribution is 5.83. The zero-order valence-corrected chi connectivity index (χ0v) is 15.8. The lowest BCUT2D eigenvalue weighted by Crippen LogP contribution is -2.50. The van der Waals surface area contributed by atoms with Crippen LogP contribution in [0, 0.1) is 0 Å². The van der Waals surface area contributed by atoms with Crippen molar-refractivity contribution in [1.29, 1.82) is 0 Å². The van der Waals surface area contributed by atoms with E-state index in [9.17, 15) is 4.79 Å². The molecule has 0 saturated carbocycles. The Labute approximate surface area is 157 Å². The van der Waals surface area contributed by atoms with E-state index in [0.717, 1.165) is 30.2 Å². The highest BCUT2D eigenvalue weighted by Crippen LogP contribution is 2.23. The van der Waals surface area contributed by atoms with Crippen LogP contribution in [0.15, 0.2) is 25.0 Å². The lowest BCUT2D eigenvalue weighted by molar-refractivity contribution is -0.134. The zero-order chi connectivity index (χ0) is 19.0. The highest BCUT2D eigenvalue weighted by atomic mass is 16.2. The third kappa shape index (κ3) is 3.13. The predicted molar refractivity (Wildman–Crippen MR) is 102 cm³/mol. The van der Waals surface area contributed by atoms with E-state index in [0.29, 0.717) is 18.7 Å². The summed E-state index contributed by atoms with van der Waals surface area (Å²) in [4.78, 5) is 37.4.